The number of phenolic OH excluding ortho intramolecular Hbond substituents is 1. The van der Waals surface area contributed by atoms with Crippen molar-refractivity contribution in [3.63, 3.8) is 0 Å². The van der Waals surface area contributed by atoms with Crippen molar-refractivity contribution in [1.29, 1.82) is 0 Å². The number of hydrogen-bond acceptors (Lipinski definition) is 3. The van der Waals surface area contributed by atoms with E-state index in [1.807, 2.05) is 0 Å². The summed E-state index contributed by atoms with van der Waals surface area (Å²) in [5, 5.41) is 9.31. The van der Waals surface area contributed by atoms with Gasteiger partial charge in [-0.15, -0.1) is 0 Å². The Kier molecular flexibility index (Phi) is 3.97. The largest absolute Gasteiger partial charge is 0.508 e. The van der Waals surface area contributed by atoms with Crippen molar-refractivity contribution in [2.45, 2.75) is 6.61 Å². The molecular formula is C14H12FNO2S. The molecule has 0 aliphatic rings. The van der Waals surface area contributed by atoms with Crippen LogP contribution in [-0.4, -0.2) is 10.1 Å². The summed E-state index contributed by atoms with van der Waals surface area (Å²) in [6.07, 6.45) is 0. The van der Waals surface area contributed by atoms with Crippen molar-refractivity contribution in [1.82, 2.24) is 0 Å². The minimum absolute atomic E-state index is 0.0111. The molecule has 0 spiro atoms. The Morgan fingerprint density at radius 2 is 2.05 bits per heavy atom. The fourth-order valence-electron chi connectivity index (χ4n) is 1.60. The molecule has 0 aliphatic carbocycles. The lowest BCUT2D eigenvalue weighted by atomic mass is 10.2. The Morgan fingerprint density at radius 3 is 2.68 bits per heavy atom. The molecule has 0 aromatic heterocycles. The Morgan fingerprint density at radius 1 is 1.26 bits per heavy atom. The summed E-state index contributed by atoms with van der Waals surface area (Å²) in [6, 6.07) is 11.0. The van der Waals surface area contributed by atoms with Gasteiger partial charge in [0.1, 0.15) is 28.9 Å². The van der Waals surface area contributed by atoms with Crippen molar-refractivity contribution in [2.75, 3.05) is 0 Å². The van der Waals surface area contributed by atoms with E-state index in [0.717, 1.165) is 5.56 Å². The lowest BCUT2D eigenvalue weighted by Gasteiger charge is -2.08. The molecule has 0 unspecified atom stereocenters. The number of nitrogens with two attached hydrogens (primary N) is 1. The molecule has 3 nitrogen and oxygen atoms in total. The highest BCUT2D eigenvalue weighted by molar-refractivity contribution is 7.80. The van der Waals surface area contributed by atoms with Gasteiger partial charge in [-0.3, -0.25) is 0 Å². The van der Waals surface area contributed by atoms with E-state index < -0.39 is 5.82 Å². The molecule has 0 atom stereocenters. The van der Waals surface area contributed by atoms with Crippen LogP contribution in [0.3, 0.4) is 0 Å². The number of hydrogen-bond donors (Lipinski definition) is 2. The van der Waals surface area contributed by atoms with Gasteiger partial charge in [0.05, 0.1) is 0 Å². The minimum atomic E-state index is -0.513. The van der Waals surface area contributed by atoms with Gasteiger partial charge >= 0.3 is 0 Å². The summed E-state index contributed by atoms with van der Waals surface area (Å²) in [5.74, 6) is 0.0258. The van der Waals surface area contributed by atoms with E-state index in [-0.39, 0.29) is 22.9 Å². The standard InChI is InChI=1S/C14H12FNO2S/c15-13-7-11(4-5-12(13)14(16)19)18-8-9-2-1-3-10(17)6-9/h1-7,17H,8H2,(H2,16,19). The van der Waals surface area contributed by atoms with Gasteiger partial charge in [0, 0.05) is 11.6 Å². The van der Waals surface area contributed by atoms with Crippen molar-refractivity contribution < 1.29 is 14.2 Å². The lowest BCUT2D eigenvalue weighted by molar-refractivity contribution is 0.304. The Balaban J connectivity index is 2.08. The molecule has 5 heteroatoms. The van der Waals surface area contributed by atoms with Crippen LogP contribution >= 0.6 is 12.2 Å². The number of ether oxygens (including phenoxy) is 1. The van der Waals surface area contributed by atoms with E-state index in [1.165, 1.54) is 12.1 Å². The molecular weight excluding hydrogens is 265 g/mol. The smallest absolute Gasteiger partial charge is 0.137 e. The van der Waals surface area contributed by atoms with Crippen molar-refractivity contribution in [3.05, 3.63) is 59.4 Å². The predicted octanol–water partition coefficient (Wildman–Crippen LogP) is 2.74. The molecule has 0 aliphatic heterocycles. The normalized spacial score (nSPS) is 10.2. The molecule has 98 valence electrons. The number of halogens is 1. The fraction of sp³-hybridized carbons (Fsp3) is 0.0714. The first-order chi connectivity index (χ1) is 9.06. The highest BCUT2D eigenvalue weighted by Crippen LogP contribution is 2.19. The Hall–Kier alpha value is -2.14. The maximum Gasteiger partial charge on any atom is 0.137 e. The Bertz CT molecular complexity index is 616. The first-order valence-corrected chi connectivity index (χ1v) is 5.97. The van der Waals surface area contributed by atoms with E-state index in [4.69, 9.17) is 22.7 Å². The van der Waals surface area contributed by atoms with Crippen LogP contribution in [0.5, 0.6) is 11.5 Å². The molecule has 2 rings (SSSR count). The molecule has 0 heterocycles. The lowest BCUT2D eigenvalue weighted by Crippen LogP contribution is -2.11. The van der Waals surface area contributed by atoms with Crippen LogP contribution < -0.4 is 10.5 Å². The average molecular weight is 277 g/mol. The first kappa shape index (κ1) is 13.3. The molecule has 0 bridgehead atoms. The van der Waals surface area contributed by atoms with Crippen LogP contribution in [0, 0.1) is 5.82 Å². The van der Waals surface area contributed by atoms with Crippen LogP contribution in [0.4, 0.5) is 4.39 Å². The average Bonchev–Trinajstić information content (AvgIpc) is 2.36. The molecule has 0 radical (unpaired) electrons. The SMILES string of the molecule is NC(=S)c1ccc(OCc2cccc(O)c2)cc1F. The highest BCUT2D eigenvalue weighted by atomic mass is 32.1. The molecule has 19 heavy (non-hydrogen) atoms. The number of benzene rings is 2. The maximum absolute atomic E-state index is 13.6. The zero-order valence-corrected chi connectivity index (χ0v) is 10.8. The summed E-state index contributed by atoms with van der Waals surface area (Å²) in [6.45, 7) is 0.236. The van der Waals surface area contributed by atoms with E-state index in [9.17, 15) is 9.50 Å². The molecule has 2 aromatic rings. The number of aromatic hydroxyl groups is 1. The summed E-state index contributed by atoms with van der Waals surface area (Å²) in [7, 11) is 0. The van der Waals surface area contributed by atoms with Gasteiger partial charge in [-0.25, -0.2) is 4.39 Å². The second-order valence-corrected chi connectivity index (χ2v) is 4.40. The molecule has 0 fully saturated rings. The summed E-state index contributed by atoms with van der Waals surface area (Å²) < 4.78 is 19.0. The van der Waals surface area contributed by atoms with E-state index in [1.54, 1.807) is 30.3 Å². The third kappa shape index (κ3) is 3.42. The summed E-state index contributed by atoms with van der Waals surface area (Å²) in [4.78, 5) is 0.0111. The molecule has 3 N–H and O–H groups in total. The van der Waals surface area contributed by atoms with Gasteiger partial charge in [-0.05, 0) is 29.8 Å². The van der Waals surface area contributed by atoms with E-state index in [2.05, 4.69) is 0 Å². The second-order valence-electron chi connectivity index (χ2n) is 3.96. The van der Waals surface area contributed by atoms with Crippen LogP contribution in [0.1, 0.15) is 11.1 Å². The minimum Gasteiger partial charge on any atom is -0.508 e. The topological polar surface area (TPSA) is 55.5 Å². The van der Waals surface area contributed by atoms with Gasteiger partial charge in [0.2, 0.25) is 0 Å². The number of phenols is 1. The molecule has 0 saturated heterocycles. The zero-order chi connectivity index (χ0) is 13.8. The Labute approximate surface area is 115 Å². The van der Waals surface area contributed by atoms with E-state index in [0.29, 0.717) is 5.75 Å². The van der Waals surface area contributed by atoms with Gasteiger partial charge in [0.25, 0.3) is 0 Å². The fourth-order valence-corrected chi connectivity index (χ4v) is 1.76. The first-order valence-electron chi connectivity index (χ1n) is 5.56. The molecule has 2 aromatic carbocycles. The van der Waals surface area contributed by atoms with Gasteiger partial charge in [-0.2, -0.15) is 0 Å². The number of thiocarbonyl (C=S) groups is 1. The molecule has 0 amide bonds. The number of rotatable bonds is 4. The van der Waals surface area contributed by atoms with Crippen LogP contribution in [0.15, 0.2) is 42.5 Å². The van der Waals surface area contributed by atoms with Crippen molar-refractivity contribution >= 4 is 17.2 Å². The highest BCUT2D eigenvalue weighted by Gasteiger charge is 2.06. The van der Waals surface area contributed by atoms with Gasteiger partial charge in [0.15, 0.2) is 0 Å². The molecule has 0 saturated carbocycles. The third-order valence-corrected chi connectivity index (χ3v) is 2.74. The van der Waals surface area contributed by atoms with E-state index >= 15 is 0 Å². The predicted molar refractivity (Wildman–Crippen MR) is 74.7 cm³/mol. The summed E-state index contributed by atoms with van der Waals surface area (Å²) in [5.41, 5.74) is 6.35. The third-order valence-electron chi connectivity index (χ3n) is 2.52. The van der Waals surface area contributed by atoms with Crippen LogP contribution in [-0.2, 0) is 6.61 Å². The quantitative estimate of drug-likeness (QED) is 0.844. The van der Waals surface area contributed by atoms with Crippen LogP contribution in [0.2, 0.25) is 0 Å². The summed E-state index contributed by atoms with van der Waals surface area (Å²) >= 11 is 4.72. The van der Waals surface area contributed by atoms with Gasteiger partial charge < -0.3 is 15.6 Å². The van der Waals surface area contributed by atoms with Crippen LogP contribution in [0.25, 0.3) is 0 Å². The van der Waals surface area contributed by atoms with Crippen molar-refractivity contribution in [2.24, 2.45) is 5.73 Å². The second kappa shape index (κ2) is 5.67. The maximum atomic E-state index is 13.6. The van der Waals surface area contributed by atoms with Crippen molar-refractivity contribution in [3.8, 4) is 11.5 Å². The zero-order valence-electron chi connectivity index (χ0n) is 9.97. The van der Waals surface area contributed by atoms with Gasteiger partial charge in [-0.1, -0.05) is 24.4 Å². The monoisotopic (exact) mass is 277 g/mol.